The zero-order chi connectivity index (χ0) is 19.3. The SMILES string of the molecule is CC(C(=O)Nc1c(F)cccc1F)N(C)CC(=O)Nc1ccccc1Cl. The standard InChI is InChI=1S/C18H18ClF2N3O2/c1-11(18(26)23-17-13(20)7-5-8-14(17)21)24(2)10-16(25)22-15-9-4-3-6-12(15)19/h3-9,11H,10H2,1-2H3,(H,22,25)(H,23,26). The highest BCUT2D eigenvalue weighted by molar-refractivity contribution is 6.33. The van der Waals surface area contributed by atoms with Crippen LogP contribution in [-0.4, -0.2) is 36.3 Å². The van der Waals surface area contributed by atoms with Gasteiger partial charge in [0, 0.05) is 0 Å². The molecule has 0 radical (unpaired) electrons. The van der Waals surface area contributed by atoms with Gasteiger partial charge in [0.1, 0.15) is 17.3 Å². The van der Waals surface area contributed by atoms with E-state index in [1.807, 2.05) is 0 Å². The lowest BCUT2D eigenvalue weighted by Gasteiger charge is -2.23. The lowest BCUT2D eigenvalue weighted by Crippen LogP contribution is -2.43. The van der Waals surface area contributed by atoms with Crippen molar-refractivity contribution >= 4 is 34.8 Å². The van der Waals surface area contributed by atoms with Crippen molar-refractivity contribution in [3.05, 3.63) is 59.1 Å². The van der Waals surface area contributed by atoms with Gasteiger partial charge in [-0.15, -0.1) is 0 Å². The maximum atomic E-state index is 13.6. The van der Waals surface area contributed by atoms with Crippen molar-refractivity contribution in [1.29, 1.82) is 0 Å². The van der Waals surface area contributed by atoms with Gasteiger partial charge < -0.3 is 10.6 Å². The Labute approximate surface area is 154 Å². The average molecular weight is 382 g/mol. The molecule has 26 heavy (non-hydrogen) atoms. The number of carbonyl (C=O) groups is 2. The molecule has 2 aromatic rings. The van der Waals surface area contributed by atoms with Gasteiger partial charge in [0.2, 0.25) is 11.8 Å². The molecule has 2 aromatic carbocycles. The minimum Gasteiger partial charge on any atom is -0.324 e. The Kier molecular flexibility index (Phi) is 6.65. The zero-order valence-electron chi connectivity index (χ0n) is 14.2. The molecular weight excluding hydrogens is 364 g/mol. The molecule has 0 saturated heterocycles. The third kappa shape index (κ3) is 5.00. The third-order valence-electron chi connectivity index (χ3n) is 3.79. The Morgan fingerprint density at radius 2 is 1.69 bits per heavy atom. The van der Waals surface area contributed by atoms with Crippen LogP contribution >= 0.6 is 11.6 Å². The van der Waals surface area contributed by atoms with Gasteiger partial charge in [-0.05, 0) is 38.2 Å². The molecule has 0 heterocycles. The lowest BCUT2D eigenvalue weighted by molar-refractivity contribution is -0.122. The number of halogens is 3. The van der Waals surface area contributed by atoms with E-state index in [2.05, 4.69) is 10.6 Å². The van der Waals surface area contributed by atoms with E-state index in [0.29, 0.717) is 10.7 Å². The van der Waals surface area contributed by atoms with E-state index in [4.69, 9.17) is 11.6 Å². The summed E-state index contributed by atoms with van der Waals surface area (Å²) in [4.78, 5) is 25.8. The topological polar surface area (TPSA) is 61.4 Å². The Balaban J connectivity index is 1.96. The molecule has 1 unspecified atom stereocenters. The Morgan fingerprint density at radius 3 is 2.31 bits per heavy atom. The van der Waals surface area contributed by atoms with Crippen LogP contribution in [-0.2, 0) is 9.59 Å². The van der Waals surface area contributed by atoms with E-state index in [1.54, 1.807) is 31.3 Å². The molecule has 138 valence electrons. The summed E-state index contributed by atoms with van der Waals surface area (Å²) in [7, 11) is 1.55. The first-order chi connectivity index (χ1) is 12.3. The highest BCUT2D eigenvalue weighted by atomic mass is 35.5. The summed E-state index contributed by atoms with van der Waals surface area (Å²) in [6.45, 7) is 1.41. The normalized spacial score (nSPS) is 11.9. The van der Waals surface area contributed by atoms with Gasteiger partial charge >= 0.3 is 0 Å². The van der Waals surface area contributed by atoms with E-state index < -0.39 is 29.3 Å². The molecule has 0 spiro atoms. The average Bonchev–Trinajstić information content (AvgIpc) is 2.59. The molecule has 2 N–H and O–H groups in total. The second-order valence-corrected chi connectivity index (χ2v) is 6.11. The third-order valence-corrected chi connectivity index (χ3v) is 4.12. The number of likely N-dealkylation sites (N-methyl/N-ethyl adjacent to an activating group) is 1. The van der Waals surface area contributed by atoms with Gasteiger partial charge in [-0.25, -0.2) is 8.78 Å². The predicted octanol–water partition coefficient (Wildman–Crippen LogP) is 3.52. The number of benzene rings is 2. The van der Waals surface area contributed by atoms with Crippen LogP contribution in [0, 0.1) is 11.6 Å². The summed E-state index contributed by atoms with van der Waals surface area (Å²) in [5.74, 6) is -2.76. The number of hydrogen-bond acceptors (Lipinski definition) is 3. The number of nitrogens with zero attached hydrogens (tertiary/aromatic N) is 1. The zero-order valence-corrected chi connectivity index (χ0v) is 15.0. The van der Waals surface area contributed by atoms with Crippen molar-refractivity contribution in [2.24, 2.45) is 0 Å². The van der Waals surface area contributed by atoms with Crippen molar-refractivity contribution in [3.63, 3.8) is 0 Å². The minimum atomic E-state index is -0.871. The summed E-state index contributed by atoms with van der Waals surface area (Å²) in [6, 6.07) is 9.24. The second-order valence-electron chi connectivity index (χ2n) is 5.71. The maximum Gasteiger partial charge on any atom is 0.241 e. The molecule has 0 saturated carbocycles. The molecule has 0 aliphatic carbocycles. The first-order valence-electron chi connectivity index (χ1n) is 7.79. The maximum absolute atomic E-state index is 13.6. The van der Waals surface area contributed by atoms with Crippen molar-refractivity contribution in [2.45, 2.75) is 13.0 Å². The van der Waals surface area contributed by atoms with Crippen LogP contribution < -0.4 is 10.6 Å². The highest BCUT2D eigenvalue weighted by Gasteiger charge is 2.22. The number of anilines is 2. The van der Waals surface area contributed by atoms with Crippen LogP contribution in [0.1, 0.15) is 6.92 Å². The molecule has 8 heteroatoms. The summed E-state index contributed by atoms with van der Waals surface area (Å²) in [5.41, 5.74) is -0.0589. The van der Waals surface area contributed by atoms with Crippen LogP contribution in [0.5, 0.6) is 0 Å². The number of hydrogen-bond donors (Lipinski definition) is 2. The number of amides is 2. The summed E-state index contributed by atoms with van der Waals surface area (Å²) >= 11 is 5.97. The van der Waals surface area contributed by atoms with E-state index >= 15 is 0 Å². The second kappa shape index (κ2) is 8.73. The Bertz CT molecular complexity index is 797. The van der Waals surface area contributed by atoms with Gasteiger partial charge in [0.25, 0.3) is 0 Å². The fourth-order valence-corrected chi connectivity index (χ4v) is 2.34. The highest BCUT2D eigenvalue weighted by Crippen LogP contribution is 2.21. The fraction of sp³-hybridized carbons (Fsp3) is 0.222. The fourth-order valence-electron chi connectivity index (χ4n) is 2.16. The molecule has 0 aliphatic heterocycles. The molecular formula is C18H18ClF2N3O2. The molecule has 0 bridgehead atoms. The van der Waals surface area contributed by atoms with E-state index in [-0.39, 0.29) is 12.5 Å². The summed E-state index contributed by atoms with van der Waals surface area (Å²) in [5, 5.41) is 5.24. The van der Waals surface area contributed by atoms with E-state index in [9.17, 15) is 18.4 Å². The molecule has 0 aliphatic rings. The van der Waals surface area contributed by atoms with Crippen molar-refractivity contribution in [3.8, 4) is 0 Å². The first kappa shape index (κ1) is 19.8. The number of rotatable bonds is 6. The van der Waals surface area contributed by atoms with Crippen molar-refractivity contribution in [1.82, 2.24) is 4.90 Å². The number of para-hydroxylation sites is 2. The van der Waals surface area contributed by atoms with Crippen LogP contribution in [0.4, 0.5) is 20.2 Å². The Morgan fingerprint density at radius 1 is 1.08 bits per heavy atom. The first-order valence-corrected chi connectivity index (χ1v) is 8.17. The quantitative estimate of drug-likeness (QED) is 0.804. The summed E-state index contributed by atoms with van der Waals surface area (Å²) in [6.07, 6.45) is 0. The van der Waals surface area contributed by atoms with Gasteiger partial charge in [0.15, 0.2) is 0 Å². The predicted molar refractivity (Wildman–Crippen MR) is 97.2 cm³/mol. The number of carbonyl (C=O) groups excluding carboxylic acids is 2. The van der Waals surface area contributed by atoms with Gasteiger partial charge in [-0.1, -0.05) is 29.8 Å². The largest absolute Gasteiger partial charge is 0.324 e. The van der Waals surface area contributed by atoms with Crippen molar-refractivity contribution in [2.75, 3.05) is 24.2 Å². The monoisotopic (exact) mass is 381 g/mol. The molecule has 2 rings (SSSR count). The van der Waals surface area contributed by atoms with Crippen LogP contribution in [0.2, 0.25) is 5.02 Å². The minimum absolute atomic E-state index is 0.112. The Hall–Kier alpha value is -2.51. The molecule has 0 aromatic heterocycles. The lowest BCUT2D eigenvalue weighted by atomic mass is 10.2. The molecule has 1 atom stereocenters. The molecule has 2 amide bonds. The van der Waals surface area contributed by atoms with E-state index in [0.717, 1.165) is 12.1 Å². The molecule has 0 fully saturated rings. The van der Waals surface area contributed by atoms with Crippen LogP contribution in [0.3, 0.4) is 0 Å². The van der Waals surface area contributed by atoms with Gasteiger partial charge in [-0.2, -0.15) is 0 Å². The van der Waals surface area contributed by atoms with Crippen molar-refractivity contribution < 1.29 is 18.4 Å². The smallest absolute Gasteiger partial charge is 0.241 e. The van der Waals surface area contributed by atoms with Crippen LogP contribution in [0.25, 0.3) is 0 Å². The van der Waals surface area contributed by atoms with Gasteiger partial charge in [0.05, 0.1) is 23.3 Å². The van der Waals surface area contributed by atoms with Gasteiger partial charge in [-0.3, -0.25) is 14.5 Å². The number of nitrogens with one attached hydrogen (secondary N) is 2. The van der Waals surface area contributed by atoms with E-state index in [1.165, 1.54) is 17.9 Å². The summed E-state index contributed by atoms with van der Waals surface area (Å²) < 4.78 is 27.2. The molecule has 5 nitrogen and oxygen atoms in total. The van der Waals surface area contributed by atoms with Crippen LogP contribution in [0.15, 0.2) is 42.5 Å².